The fraction of sp³-hybridized carbons (Fsp3) is 0.190. The lowest BCUT2D eigenvalue weighted by Crippen LogP contribution is -2.20. The number of ether oxygens (including phenoxy) is 1. The second-order valence-corrected chi connectivity index (χ2v) is 6.60. The van der Waals surface area contributed by atoms with Gasteiger partial charge in [0.25, 0.3) is 5.82 Å². The molecule has 1 aliphatic rings. The van der Waals surface area contributed by atoms with Gasteiger partial charge in [-0.3, -0.25) is 5.73 Å². The van der Waals surface area contributed by atoms with Crippen molar-refractivity contribution in [2.45, 2.75) is 20.8 Å². The molecule has 3 N–H and O–H groups in total. The molecule has 0 amide bonds. The molecule has 5 nitrogen and oxygen atoms in total. The maximum Gasteiger partial charge on any atom is 0.289 e. The highest BCUT2D eigenvalue weighted by Crippen LogP contribution is 2.43. The van der Waals surface area contributed by atoms with Crippen molar-refractivity contribution >= 4 is 34.6 Å². The molecule has 0 aliphatic heterocycles. The molecule has 3 rings (SSSR count). The molecule has 0 atom stereocenters. The number of nitrogen functional groups attached to an aromatic ring is 1. The van der Waals surface area contributed by atoms with Crippen LogP contribution in [-0.2, 0) is 0 Å². The van der Waals surface area contributed by atoms with E-state index in [0.717, 1.165) is 27.8 Å². The van der Waals surface area contributed by atoms with Crippen LogP contribution in [0.15, 0.2) is 23.8 Å². The molecule has 1 aromatic heterocycles. The fourth-order valence-corrected chi connectivity index (χ4v) is 3.56. The zero-order valence-corrected chi connectivity index (χ0v) is 16.0. The van der Waals surface area contributed by atoms with E-state index in [1.54, 1.807) is 0 Å². The van der Waals surface area contributed by atoms with Crippen molar-refractivity contribution in [3.05, 3.63) is 56.7 Å². The van der Waals surface area contributed by atoms with Gasteiger partial charge in [0.05, 0.1) is 11.6 Å². The molecular formula is C21H18ClN4O+. The Morgan fingerprint density at radius 3 is 2.59 bits per heavy atom. The average molecular weight is 378 g/mol. The number of anilines is 1. The third-order valence-corrected chi connectivity index (χ3v) is 4.91. The zero-order chi connectivity index (χ0) is 19.7. The summed E-state index contributed by atoms with van der Waals surface area (Å²) in [5.41, 5.74) is 11.7. The minimum Gasteiger partial charge on any atom is -0.492 e. The van der Waals surface area contributed by atoms with Crippen LogP contribution in [0.5, 0.6) is 5.75 Å². The van der Waals surface area contributed by atoms with Gasteiger partial charge in [-0.1, -0.05) is 17.7 Å². The predicted molar refractivity (Wildman–Crippen MR) is 106 cm³/mol. The molecule has 0 unspecified atom stereocenters. The number of H-pyrrole nitrogens is 1. The minimum absolute atomic E-state index is 0.264. The van der Waals surface area contributed by atoms with E-state index in [1.165, 1.54) is 0 Å². The summed E-state index contributed by atoms with van der Waals surface area (Å²) in [4.78, 5) is 3.02. The summed E-state index contributed by atoms with van der Waals surface area (Å²) in [6, 6.07) is 9.92. The Kier molecular flexibility index (Phi) is 4.90. The number of rotatable bonds is 3. The molecule has 27 heavy (non-hydrogen) atoms. The van der Waals surface area contributed by atoms with E-state index in [4.69, 9.17) is 22.1 Å². The summed E-state index contributed by atoms with van der Waals surface area (Å²) in [6.45, 7) is 6.16. The molecule has 0 saturated carbocycles. The van der Waals surface area contributed by atoms with Crippen LogP contribution in [0.2, 0.25) is 5.02 Å². The number of nitrogens with two attached hydrogens (primary N) is 1. The largest absolute Gasteiger partial charge is 0.492 e. The first-order valence-corrected chi connectivity index (χ1v) is 8.82. The van der Waals surface area contributed by atoms with Gasteiger partial charge in [0.2, 0.25) is 0 Å². The van der Waals surface area contributed by atoms with Crippen LogP contribution in [0.1, 0.15) is 41.8 Å². The molecule has 0 radical (unpaired) electrons. The highest BCUT2D eigenvalue weighted by Gasteiger charge is 2.32. The molecule has 1 aliphatic carbocycles. The Morgan fingerprint density at radius 1 is 1.26 bits per heavy atom. The molecule has 0 spiro atoms. The number of nitrogens with one attached hydrogen (secondary N) is 1. The van der Waals surface area contributed by atoms with Crippen molar-refractivity contribution in [1.82, 2.24) is 0 Å². The number of hydrogen-bond acceptors (Lipinski definition) is 4. The highest BCUT2D eigenvalue weighted by molar-refractivity contribution is 6.32. The lowest BCUT2D eigenvalue weighted by atomic mass is 9.95. The van der Waals surface area contributed by atoms with Gasteiger partial charge in [-0.15, -0.1) is 0 Å². The Hall–Kier alpha value is -3.28. The number of pyridine rings is 1. The number of allylic oxidation sites excluding steroid dienone is 3. The van der Waals surface area contributed by atoms with Gasteiger partial charge in [0, 0.05) is 5.56 Å². The summed E-state index contributed by atoms with van der Waals surface area (Å²) in [5.74, 6) is 0.891. The maximum atomic E-state index is 9.62. The summed E-state index contributed by atoms with van der Waals surface area (Å²) in [5, 5.41) is 19.6. The highest BCUT2D eigenvalue weighted by atomic mass is 35.5. The fourth-order valence-electron chi connectivity index (χ4n) is 3.32. The van der Waals surface area contributed by atoms with Crippen molar-refractivity contribution in [3.8, 4) is 17.9 Å². The number of aromatic nitrogens is 1. The third-order valence-electron chi connectivity index (χ3n) is 4.62. The van der Waals surface area contributed by atoms with Gasteiger partial charge in [-0.05, 0) is 61.3 Å². The summed E-state index contributed by atoms with van der Waals surface area (Å²) in [7, 11) is 0. The van der Waals surface area contributed by atoms with Gasteiger partial charge in [0.1, 0.15) is 29.0 Å². The van der Waals surface area contributed by atoms with Crippen molar-refractivity contribution in [2.24, 2.45) is 0 Å². The van der Waals surface area contributed by atoms with E-state index >= 15 is 0 Å². The maximum absolute atomic E-state index is 9.62. The Bertz CT molecular complexity index is 1100. The third kappa shape index (κ3) is 3.03. The Balaban J connectivity index is 2.23. The van der Waals surface area contributed by atoms with Crippen LogP contribution in [-0.4, -0.2) is 6.61 Å². The second-order valence-electron chi connectivity index (χ2n) is 6.19. The van der Waals surface area contributed by atoms with Crippen molar-refractivity contribution in [3.63, 3.8) is 0 Å². The molecule has 1 aromatic carbocycles. The van der Waals surface area contributed by atoms with Crippen molar-refractivity contribution in [1.29, 1.82) is 10.5 Å². The molecule has 1 heterocycles. The number of hydrogen-bond donors (Lipinski definition) is 1. The van der Waals surface area contributed by atoms with Crippen LogP contribution in [0.4, 0.5) is 5.82 Å². The van der Waals surface area contributed by atoms with Crippen LogP contribution in [0, 0.1) is 29.6 Å². The molecule has 6 heteroatoms. The van der Waals surface area contributed by atoms with E-state index in [9.17, 15) is 10.5 Å². The first-order chi connectivity index (χ1) is 12.9. The standard InChI is InChI=1S/C21H17ClN4O/c1-4-27-18-6-5-13(8-17(18)22)7-14-11(2)15(9-23)20-19(14)12(3)16(10-24)21(25)26-20/h5-8H,4H2,1-3H3,(H2,25,26)/p+1. The van der Waals surface area contributed by atoms with E-state index in [-0.39, 0.29) is 5.82 Å². The quantitative estimate of drug-likeness (QED) is 0.867. The molecule has 0 bridgehead atoms. The van der Waals surface area contributed by atoms with Gasteiger partial charge in [-0.2, -0.15) is 10.5 Å². The van der Waals surface area contributed by atoms with Crippen molar-refractivity contribution in [2.75, 3.05) is 12.3 Å². The number of aromatic amines is 1. The normalized spacial score (nSPS) is 14.1. The van der Waals surface area contributed by atoms with Gasteiger partial charge >= 0.3 is 0 Å². The average Bonchev–Trinajstić information content (AvgIpc) is 2.89. The molecule has 0 saturated heterocycles. The molecule has 2 aromatic rings. The second kappa shape index (κ2) is 7.15. The molecule has 134 valence electrons. The monoisotopic (exact) mass is 377 g/mol. The molecular weight excluding hydrogens is 360 g/mol. The van der Waals surface area contributed by atoms with Crippen LogP contribution in [0.3, 0.4) is 0 Å². The summed E-state index contributed by atoms with van der Waals surface area (Å²) >= 11 is 6.30. The SMILES string of the molecule is CCOc1ccc(C=C2C(C)=C(C#N)c3[nH+]c(N)c(C#N)c(C)c32)cc1Cl. The first kappa shape index (κ1) is 18.5. The number of benzene rings is 1. The van der Waals surface area contributed by atoms with E-state index in [1.807, 2.05) is 45.0 Å². The Labute approximate surface area is 163 Å². The van der Waals surface area contributed by atoms with Crippen LogP contribution >= 0.6 is 11.6 Å². The lowest BCUT2D eigenvalue weighted by molar-refractivity contribution is -0.364. The zero-order valence-electron chi connectivity index (χ0n) is 15.3. The van der Waals surface area contributed by atoms with E-state index < -0.39 is 0 Å². The topological polar surface area (TPSA) is 97.0 Å². The lowest BCUT2D eigenvalue weighted by Gasteiger charge is -2.09. The number of fused-ring (bicyclic) bond motifs is 1. The van der Waals surface area contributed by atoms with E-state index in [0.29, 0.717) is 34.2 Å². The van der Waals surface area contributed by atoms with E-state index in [2.05, 4.69) is 17.1 Å². The minimum atomic E-state index is 0.264. The predicted octanol–water partition coefficient (Wildman–Crippen LogP) is 4.17. The van der Waals surface area contributed by atoms with Gasteiger partial charge in [0.15, 0.2) is 5.69 Å². The Morgan fingerprint density at radius 2 is 2.00 bits per heavy atom. The van der Waals surface area contributed by atoms with Crippen LogP contribution < -0.4 is 15.5 Å². The van der Waals surface area contributed by atoms with Crippen molar-refractivity contribution < 1.29 is 9.72 Å². The summed E-state index contributed by atoms with van der Waals surface area (Å²) in [6.07, 6.45) is 1.96. The van der Waals surface area contributed by atoms with Gasteiger partial charge in [-0.25, -0.2) is 4.98 Å². The first-order valence-electron chi connectivity index (χ1n) is 8.44. The number of nitrogens with zero attached hydrogens (tertiary/aromatic N) is 2. The van der Waals surface area contributed by atoms with Crippen LogP contribution in [0.25, 0.3) is 17.2 Å². The number of nitriles is 2. The van der Waals surface area contributed by atoms with Gasteiger partial charge < -0.3 is 4.74 Å². The number of halogens is 1. The molecule has 0 fully saturated rings. The summed E-state index contributed by atoms with van der Waals surface area (Å²) < 4.78 is 5.48. The smallest absolute Gasteiger partial charge is 0.289 e.